The second kappa shape index (κ2) is 9.04. The molecule has 1 aromatic rings. The lowest BCUT2D eigenvalue weighted by Crippen LogP contribution is -2.48. The van der Waals surface area contributed by atoms with E-state index in [9.17, 15) is 14.0 Å². The average molecular weight is 331 g/mol. The topological polar surface area (TPSA) is 61.4 Å². The smallest absolute Gasteiger partial charge is 0.242 e. The molecule has 6 heteroatoms. The highest BCUT2D eigenvalue weighted by Gasteiger charge is 2.23. The van der Waals surface area contributed by atoms with Gasteiger partial charge in [-0.15, -0.1) is 6.42 Å². The number of nitrogens with zero attached hydrogens (tertiary/aromatic N) is 1. The van der Waals surface area contributed by atoms with E-state index in [1.54, 1.807) is 17.0 Å². The highest BCUT2D eigenvalue weighted by atomic mass is 19.1. The summed E-state index contributed by atoms with van der Waals surface area (Å²) in [4.78, 5) is 25.9. The maximum absolute atomic E-state index is 13.0. The normalized spacial score (nSPS) is 17.7. The lowest BCUT2D eigenvalue weighted by Gasteiger charge is -2.21. The molecular formula is C18H22FN3O2. The Labute approximate surface area is 141 Å². The molecule has 5 nitrogen and oxygen atoms in total. The molecule has 1 heterocycles. The fourth-order valence-corrected chi connectivity index (χ4v) is 2.66. The molecule has 0 aromatic heterocycles. The van der Waals surface area contributed by atoms with Crippen LogP contribution in [0, 0.1) is 18.2 Å². The van der Waals surface area contributed by atoms with Crippen molar-refractivity contribution in [2.24, 2.45) is 0 Å². The minimum atomic E-state index is -0.487. The van der Waals surface area contributed by atoms with Crippen LogP contribution in [0.2, 0.25) is 0 Å². The van der Waals surface area contributed by atoms with Crippen LogP contribution in [-0.4, -0.2) is 42.4 Å². The molecule has 24 heavy (non-hydrogen) atoms. The molecule has 0 radical (unpaired) electrons. The Bertz CT molecular complexity index is 610. The third-order valence-corrected chi connectivity index (χ3v) is 3.87. The van der Waals surface area contributed by atoms with Crippen molar-refractivity contribution < 1.29 is 14.0 Å². The van der Waals surface area contributed by atoms with Gasteiger partial charge in [0.05, 0.1) is 13.1 Å². The molecule has 0 unspecified atom stereocenters. The molecule has 128 valence electrons. The molecule has 1 saturated heterocycles. The van der Waals surface area contributed by atoms with E-state index < -0.39 is 6.04 Å². The summed E-state index contributed by atoms with van der Waals surface area (Å²) in [6.07, 6.45) is 7.82. The predicted molar refractivity (Wildman–Crippen MR) is 89.3 cm³/mol. The van der Waals surface area contributed by atoms with Crippen LogP contribution < -0.4 is 10.6 Å². The van der Waals surface area contributed by atoms with E-state index in [1.807, 2.05) is 0 Å². The zero-order valence-electron chi connectivity index (χ0n) is 13.6. The van der Waals surface area contributed by atoms with Crippen LogP contribution in [0.15, 0.2) is 24.3 Å². The lowest BCUT2D eigenvalue weighted by molar-refractivity contribution is -0.129. The second-order valence-electron chi connectivity index (χ2n) is 5.88. The number of terminal acetylenes is 1. The van der Waals surface area contributed by atoms with Crippen molar-refractivity contribution >= 4 is 11.8 Å². The molecule has 1 aliphatic rings. The fourth-order valence-electron chi connectivity index (χ4n) is 2.66. The Morgan fingerprint density at radius 2 is 2.12 bits per heavy atom. The van der Waals surface area contributed by atoms with Crippen molar-refractivity contribution in [2.45, 2.75) is 31.8 Å². The molecular weight excluding hydrogens is 309 g/mol. The Balaban J connectivity index is 1.91. The number of carbonyl (C=O) groups excluding carboxylic acids is 2. The van der Waals surface area contributed by atoms with Gasteiger partial charge < -0.3 is 10.6 Å². The van der Waals surface area contributed by atoms with Crippen LogP contribution in [0.3, 0.4) is 0 Å². The monoisotopic (exact) mass is 331 g/mol. The van der Waals surface area contributed by atoms with Gasteiger partial charge in [0.1, 0.15) is 11.9 Å². The largest absolute Gasteiger partial charge is 0.354 e. The van der Waals surface area contributed by atoms with Crippen molar-refractivity contribution in [1.82, 2.24) is 15.5 Å². The molecule has 0 spiro atoms. The van der Waals surface area contributed by atoms with Crippen molar-refractivity contribution in [2.75, 3.05) is 19.6 Å². The summed E-state index contributed by atoms with van der Waals surface area (Å²) in [6, 6.07) is 5.59. The molecule has 0 aliphatic carbocycles. The van der Waals surface area contributed by atoms with Gasteiger partial charge in [0.25, 0.3) is 0 Å². The summed E-state index contributed by atoms with van der Waals surface area (Å²) < 4.78 is 13.0. The quantitative estimate of drug-likeness (QED) is 0.766. The van der Waals surface area contributed by atoms with Gasteiger partial charge in [0.15, 0.2) is 0 Å². The van der Waals surface area contributed by atoms with Crippen molar-refractivity contribution in [3.05, 3.63) is 35.6 Å². The van der Waals surface area contributed by atoms with E-state index in [-0.39, 0.29) is 24.2 Å². The standard InChI is InChI=1S/C18H22FN3O2/c1-2-11-22(12-14-6-8-15(19)9-7-14)13-17(23)21-16-5-3-4-10-20-18(16)24/h1,6-9,16H,3-5,10-13H2,(H,20,24)(H,21,23)/t16-/m0/s1. The summed E-state index contributed by atoms with van der Waals surface area (Å²) in [6.45, 7) is 1.47. The summed E-state index contributed by atoms with van der Waals surface area (Å²) in [5.41, 5.74) is 0.867. The first-order valence-electron chi connectivity index (χ1n) is 8.06. The Kier molecular flexibility index (Phi) is 6.76. The van der Waals surface area contributed by atoms with E-state index in [0.717, 1.165) is 18.4 Å². The van der Waals surface area contributed by atoms with E-state index in [4.69, 9.17) is 6.42 Å². The van der Waals surface area contributed by atoms with Crippen LogP contribution in [0.1, 0.15) is 24.8 Å². The number of halogens is 1. The Morgan fingerprint density at radius 3 is 2.83 bits per heavy atom. The first kappa shape index (κ1) is 18.0. The van der Waals surface area contributed by atoms with Crippen LogP contribution in [0.25, 0.3) is 0 Å². The van der Waals surface area contributed by atoms with Crippen molar-refractivity contribution in [3.63, 3.8) is 0 Å². The third-order valence-electron chi connectivity index (χ3n) is 3.87. The van der Waals surface area contributed by atoms with Gasteiger partial charge in [-0.2, -0.15) is 0 Å². The van der Waals surface area contributed by atoms with Crippen molar-refractivity contribution in [3.8, 4) is 12.3 Å². The maximum Gasteiger partial charge on any atom is 0.242 e. The molecule has 2 amide bonds. The van der Waals surface area contributed by atoms with E-state index in [1.165, 1.54) is 12.1 Å². The fraction of sp³-hybridized carbons (Fsp3) is 0.444. The molecule has 1 aromatic carbocycles. The molecule has 2 N–H and O–H groups in total. The molecule has 1 aliphatic heterocycles. The Morgan fingerprint density at radius 1 is 1.38 bits per heavy atom. The minimum Gasteiger partial charge on any atom is -0.354 e. The minimum absolute atomic E-state index is 0.0886. The predicted octanol–water partition coefficient (Wildman–Crippen LogP) is 1.05. The van der Waals surface area contributed by atoms with Gasteiger partial charge in [0, 0.05) is 13.1 Å². The summed E-state index contributed by atoms with van der Waals surface area (Å²) >= 11 is 0. The number of nitrogens with one attached hydrogen (secondary N) is 2. The highest BCUT2D eigenvalue weighted by Crippen LogP contribution is 2.08. The van der Waals surface area contributed by atoms with Gasteiger partial charge in [0.2, 0.25) is 11.8 Å². The maximum atomic E-state index is 13.0. The second-order valence-corrected chi connectivity index (χ2v) is 5.88. The zero-order chi connectivity index (χ0) is 17.4. The SMILES string of the molecule is C#CCN(CC(=O)N[C@H]1CCCCNC1=O)Cc1ccc(F)cc1. The molecule has 0 saturated carbocycles. The van der Waals surface area contributed by atoms with Crippen LogP contribution in [-0.2, 0) is 16.1 Å². The number of hydrogen-bond acceptors (Lipinski definition) is 3. The van der Waals surface area contributed by atoms with Gasteiger partial charge in [-0.25, -0.2) is 4.39 Å². The van der Waals surface area contributed by atoms with Gasteiger partial charge in [-0.3, -0.25) is 14.5 Å². The Hall–Kier alpha value is -2.39. The summed E-state index contributed by atoms with van der Waals surface area (Å²) in [5.74, 6) is 1.84. The van der Waals surface area contributed by atoms with Crippen molar-refractivity contribution in [1.29, 1.82) is 0 Å². The summed E-state index contributed by atoms with van der Waals surface area (Å²) in [7, 11) is 0. The highest BCUT2D eigenvalue weighted by molar-refractivity contribution is 5.88. The zero-order valence-corrected chi connectivity index (χ0v) is 13.6. The molecule has 1 fully saturated rings. The number of benzene rings is 1. The van der Waals surface area contributed by atoms with E-state index in [0.29, 0.717) is 26.1 Å². The van der Waals surface area contributed by atoms with Gasteiger partial charge in [-0.1, -0.05) is 18.1 Å². The number of rotatable bonds is 6. The lowest BCUT2D eigenvalue weighted by atomic mass is 10.1. The number of carbonyl (C=O) groups is 2. The molecule has 2 rings (SSSR count). The van der Waals surface area contributed by atoms with Crippen LogP contribution >= 0.6 is 0 Å². The average Bonchev–Trinajstić information content (AvgIpc) is 2.75. The number of hydrogen-bond donors (Lipinski definition) is 2. The molecule has 0 bridgehead atoms. The van der Waals surface area contributed by atoms with E-state index >= 15 is 0 Å². The third kappa shape index (κ3) is 5.67. The first-order valence-corrected chi connectivity index (χ1v) is 8.06. The number of amides is 2. The summed E-state index contributed by atoms with van der Waals surface area (Å²) in [5, 5.41) is 5.56. The first-order chi connectivity index (χ1) is 11.6. The van der Waals surface area contributed by atoms with Gasteiger partial charge in [-0.05, 0) is 37.0 Å². The van der Waals surface area contributed by atoms with E-state index in [2.05, 4.69) is 16.6 Å². The van der Waals surface area contributed by atoms with Gasteiger partial charge >= 0.3 is 0 Å². The van der Waals surface area contributed by atoms with Crippen LogP contribution in [0.5, 0.6) is 0 Å². The van der Waals surface area contributed by atoms with Crippen LogP contribution in [0.4, 0.5) is 4.39 Å². The molecule has 1 atom stereocenters.